The molecule has 0 unspecified atom stereocenters. The fourth-order valence-corrected chi connectivity index (χ4v) is 2.83. The number of hydrogen-bond acceptors (Lipinski definition) is 5. The normalized spacial score (nSPS) is 11.4. The number of carbonyl (C=O) groups excluding carboxylic acids is 2. The summed E-state index contributed by atoms with van der Waals surface area (Å²) in [5.41, 5.74) is 10.9. The summed E-state index contributed by atoms with van der Waals surface area (Å²) < 4.78 is 36.1. The number of nitrogens with two attached hydrogens (primary N) is 2. The minimum Gasteiger partial charge on any atom is -0.397 e. The summed E-state index contributed by atoms with van der Waals surface area (Å²) in [6.07, 6.45) is -5.12. The van der Waals surface area contributed by atoms with E-state index in [2.05, 4.69) is 5.32 Å². The number of carbonyl (C=O) groups is 2. The first kappa shape index (κ1) is 17.3. The van der Waals surface area contributed by atoms with E-state index in [1.165, 1.54) is 0 Å². The third-order valence-corrected chi connectivity index (χ3v) is 3.89. The molecule has 1 amide bonds. The van der Waals surface area contributed by atoms with Crippen molar-refractivity contribution in [2.45, 2.75) is 32.4 Å². The van der Waals surface area contributed by atoms with Crippen LogP contribution in [-0.4, -0.2) is 24.4 Å². The number of nitrogens with one attached hydrogen (secondary N) is 1. The molecule has 0 fully saturated rings. The van der Waals surface area contributed by atoms with Crippen molar-refractivity contribution in [1.29, 1.82) is 0 Å². The van der Waals surface area contributed by atoms with Gasteiger partial charge in [0.25, 0.3) is 5.91 Å². The molecule has 0 radical (unpaired) electrons. The summed E-state index contributed by atoms with van der Waals surface area (Å²) in [6, 6.07) is 0. The lowest BCUT2D eigenvalue weighted by Gasteiger charge is -2.08. The molecule has 1 aromatic rings. The Kier molecular flexibility index (Phi) is 5.59. The van der Waals surface area contributed by atoms with Crippen molar-refractivity contribution in [3.05, 3.63) is 10.4 Å². The van der Waals surface area contributed by atoms with Gasteiger partial charge in [0.05, 0.1) is 16.1 Å². The lowest BCUT2D eigenvalue weighted by atomic mass is 10.1. The molecule has 118 valence electrons. The minimum atomic E-state index is -4.23. The zero-order chi connectivity index (χ0) is 16.2. The van der Waals surface area contributed by atoms with Gasteiger partial charge in [-0.1, -0.05) is 6.92 Å². The molecule has 5 N–H and O–H groups in total. The Morgan fingerprint density at radius 2 is 1.95 bits per heavy atom. The van der Waals surface area contributed by atoms with E-state index in [0.29, 0.717) is 0 Å². The van der Waals surface area contributed by atoms with E-state index in [0.717, 1.165) is 11.3 Å². The topological polar surface area (TPSA) is 98.2 Å². The maximum atomic E-state index is 12.0. The highest BCUT2D eigenvalue weighted by Gasteiger charge is 2.27. The second kappa shape index (κ2) is 6.79. The van der Waals surface area contributed by atoms with E-state index in [-0.39, 0.29) is 46.3 Å². The first-order valence-electron chi connectivity index (χ1n) is 6.23. The number of hydrogen-bond donors (Lipinski definition) is 3. The zero-order valence-corrected chi connectivity index (χ0v) is 12.2. The Labute approximate surface area is 123 Å². The Morgan fingerprint density at radius 1 is 1.33 bits per heavy atom. The number of ketones is 1. The molecular formula is C12H16F3N3O2S. The van der Waals surface area contributed by atoms with Gasteiger partial charge in [-0.3, -0.25) is 9.59 Å². The van der Waals surface area contributed by atoms with Gasteiger partial charge in [0, 0.05) is 19.4 Å². The molecule has 1 aromatic heterocycles. The molecule has 5 nitrogen and oxygen atoms in total. The van der Waals surface area contributed by atoms with Crippen LogP contribution in [0.3, 0.4) is 0 Å². The van der Waals surface area contributed by atoms with Gasteiger partial charge in [-0.05, 0) is 6.42 Å². The monoisotopic (exact) mass is 323 g/mol. The predicted octanol–water partition coefficient (Wildman–Crippen LogP) is 2.78. The second-order valence-electron chi connectivity index (χ2n) is 4.34. The van der Waals surface area contributed by atoms with Gasteiger partial charge in [-0.15, -0.1) is 11.3 Å². The van der Waals surface area contributed by atoms with E-state index >= 15 is 0 Å². The third kappa shape index (κ3) is 4.62. The molecule has 0 atom stereocenters. The Morgan fingerprint density at radius 3 is 2.43 bits per heavy atom. The molecule has 0 saturated heterocycles. The van der Waals surface area contributed by atoms with E-state index in [9.17, 15) is 22.8 Å². The molecule has 0 spiro atoms. The van der Waals surface area contributed by atoms with Crippen LogP contribution >= 0.6 is 11.3 Å². The Balaban J connectivity index is 2.86. The summed E-state index contributed by atoms with van der Waals surface area (Å²) in [4.78, 5) is 23.3. The number of nitrogen functional groups attached to an aromatic ring is 1. The van der Waals surface area contributed by atoms with Gasteiger partial charge in [-0.2, -0.15) is 13.2 Å². The second-order valence-corrected chi connectivity index (χ2v) is 5.36. The highest BCUT2D eigenvalue weighted by atomic mass is 32.1. The summed E-state index contributed by atoms with van der Waals surface area (Å²) in [6.45, 7) is 1.64. The lowest BCUT2D eigenvalue weighted by Crippen LogP contribution is -2.16. The summed E-state index contributed by atoms with van der Waals surface area (Å²) >= 11 is 0.937. The highest BCUT2D eigenvalue weighted by Crippen LogP contribution is 2.36. The number of halogens is 3. The van der Waals surface area contributed by atoms with Gasteiger partial charge in [0.15, 0.2) is 5.78 Å². The van der Waals surface area contributed by atoms with E-state index in [1.54, 1.807) is 6.92 Å². The van der Waals surface area contributed by atoms with Crippen molar-refractivity contribution in [1.82, 2.24) is 0 Å². The van der Waals surface area contributed by atoms with Crippen LogP contribution in [0.2, 0.25) is 0 Å². The van der Waals surface area contributed by atoms with Crippen molar-refractivity contribution in [2.75, 3.05) is 17.6 Å². The highest BCUT2D eigenvalue weighted by molar-refractivity contribution is 7.19. The minimum absolute atomic E-state index is 0.000497. The molecular weight excluding hydrogens is 307 g/mol. The molecule has 0 saturated carbocycles. The first-order valence-corrected chi connectivity index (χ1v) is 7.05. The molecule has 1 heterocycles. The maximum Gasteiger partial charge on any atom is 0.389 e. The van der Waals surface area contributed by atoms with Gasteiger partial charge in [0.2, 0.25) is 0 Å². The third-order valence-electron chi connectivity index (χ3n) is 2.69. The summed E-state index contributed by atoms with van der Waals surface area (Å²) in [7, 11) is 0. The van der Waals surface area contributed by atoms with E-state index in [4.69, 9.17) is 11.5 Å². The van der Waals surface area contributed by atoms with E-state index in [1.807, 2.05) is 0 Å². The van der Waals surface area contributed by atoms with Crippen LogP contribution in [-0.2, 0) is 0 Å². The molecule has 1 rings (SSSR count). The largest absolute Gasteiger partial charge is 0.397 e. The zero-order valence-electron chi connectivity index (χ0n) is 11.3. The first-order chi connectivity index (χ1) is 9.67. The standard InChI is InChI=1S/C12H16F3N3O2S/c1-2-6(19)9-8(16)7(10(17)20)11(21-9)18-5-3-4-12(13,14)15/h18H,2-5,16H2,1H3,(H2,17,20). The van der Waals surface area contributed by atoms with E-state index < -0.39 is 18.5 Å². The molecule has 0 aromatic carbocycles. The fourth-order valence-electron chi connectivity index (χ4n) is 1.67. The molecule has 0 aliphatic carbocycles. The lowest BCUT2D eigenvalue weighted by molar-refractivity contribution is -0.134. The number of thiophene rings is 1. The van der Waals surface area contributed by atoms with Crippen molar-refractivity contribution in [3.8, 4) is 0 Å². The maximum absolute atomic E-state index is 12.0. The van der Waals surface area contributed by atoms with Gasteiger partial charge in [0.1, 0.15) is 5.00 Å². The number of amides is 1. The van der Waals surface area contributed by atoms with Crippen LogP contribution in [0.1, 0.15) is 46.2 Å². The van der Waals surface area contributed by atoms with Crippen LogP contribution < -0.4 is 16.8 Å². The molecule has 9 heteroatoms. The average Bonchev–Trinajstić information content (AvgIpc) is 2.69. The fraction of sp³-hybridized carbons (Fsp3) is 0.500. The predicted molar refractivity (Wildman–Crippen MR) is 75.6 cm³/mol. The molecule has 0 aliphatic rings. The summed E-state index contributed by atoms with van der Waals surface area (Å²) in [5.74, 6) is -1.07. The molecule has 0 bridgehead atoms. The number of primary amides is 1. The SMILES string of the molecule is CCC(=O)c1sc(NCCCC(F)(F)F)c(C(N)=O)c1N. The van der Waals surface area contributed by atoms with Gasteiger partial charge < -0.3 is 16.8 Å². The van der Waals surface area contributed by atoms with Crippen molar-refractivity contribution < 1.29 is 22.8 Å². The van der Waals surface area contributed by atoms with Crippen LogP contribution in [0.5, 0.6) is 0 Å². The summed E-state index contributed by atoms with van der Waals surface area (Å²) in [5, 5.41) is 2.93. The van der Waals surface area contributed by atoms with Crippen molar-refractivity contribution >= 4 is 33.7 Å². The number of rotatable bonds is 7. The van der Waals surface area contributed by atoms with Gasteiger partial charge in [-0.25, -0.2) is 0 Å². The van der Waals surface area contributed by atoms with Crippen LogP contribution in [0.25, 0.3) is 0 Å². The van der Waals surface area contributed by atoms with Crippen LogP contribution in [0, 0.1) is 0 Å². The average molecular weight is 323 g/mol. The quantitative estimate of drug-likeness (QED) is 0.531. The number of Topliss-reactive ketones (excluding diaryl/α,β-unsaturated/α-hetero) is 1. The van der Waals surface area contributed by atoms with Crippen LogP contribution in [0.4, 0.5) is 23.9 Å². The van der Waals surface area contributed by atoms with Crippen molar-refractivity contribution in [3.63, 3.8) is 0 Å². The number of alkyl halides is 3. The van der Waals surface area contributed by atoms with Crippen molar-refractivity contribution in [2.24, 2.45) is 5.73 Å². The molecule has 21 heavy (non-hydrogen) atoms. The van der Waals surface area contributed by atoms with Crippen LogP contribution in [0.15, 0.2) is 0 Å². The Bertz CT molecular complexity index is 541. The smallest absolute Gasteiger partial charge is 0.389 e. The van der Waals surface area contributed by atoms with Gasteiger partial charge >= 0.3 is 6.18 Å². The molecule has 0 aliphatic heterocycles. The Hall–Kier alpha value is -1.77. The number of anilines is 2.